The van der Waals surface area contributed by atoms with Gasteiger partial charge in [-0.15, -0.1) is 0 Å². The standard InChI is InChI=1S/C17H33N3O2/c1-4-19-8-5-6-15(11-19)10-18-17(21)20-9-7-16(12-20)22-13-14(2)3/h14-16H,4-13H2,1-3H3,(H,18,21)/t15-,16-/m0/s1. The molecule has 0 saturated carbocycles. The van der Waals surface area contributed by atoms with Gasteiger partial charge in [-0.05, 0) is 44.2 Å². The van der Waals surface area contributed by atoms with Crippen molar-refractivity contribution in [3.05, 3.63) is 0 Å². The number of amides is 2. The molecule has 1 N–H and O–H groups in total. The smallest absolute Gasteiger partial charge is 0.317 e. The molecule has 0 aromatic rings. The summed E-state index contributed by atoms with van der Waals surface area (Å²) in [7, 11) is 0. The van der Waals surface area contributed by atoms with Crippen molar-refractivity contribution in [2.45, 2.75) is 46.1 Å². The maximum Gasteiger partial charge on any atom is 0.317 e. The SMILES string of the molecule is CCN1CCC[C@@H](CNC(=O)N2CC[C@H](OCC(C)C)C2)C1. The van der Waals surface area contributed by atoms with E-state index in [1.54, 1.807) is 0 Å². The Hall–Kier alpha value is -0.810. The van der Waals surface area contributed by atoms with Crippen LogP contribution in [0.25, 0.3) is 0 Å². The minimum Gasteiger partial charge on any atom is -0.376 e. The lowest BCUT2D eigenvalue weighted by Gasteiger charge is -2.32. The van der Waals surface area contributed by atoms with Crippen molar-refractivity contribution in [3.8, 4) is 0 Å². The third-order valence-corrected chi connectivity index (χ3v) is 4.69. The number of nitrogens with one attached hydrogen (secondary N) is 1. The van der Waals surface area contributed by atoms with Gasteiger partial charge in [0.15, 0.2) is 0 Å². The fourth-order valence-corrected chi connectivity index (χ4v) is 3.33. The molecule has 0 spiro atoms. The molecule has 0 aromatic heterocycles. The average Bonchev–Trinajstić information content (AvgIpc) is 3.00. The molecular formula is C17H33N3O2. The quantitative estimate of drug-likeness (QED) is 0.818. The highest BCUT2D eigenvalue weighted by atomic mass is 16.5. The molecule has 5 heteroatoms. The van der Waals surface area contributed by atoms with Crippen molar-refractivity contribution in [1.82, 2.24) is 15.1 Å². The molecule has 2 amide bonds. The lowest BCUT2D eigenvalue weighted by molar-refractivity contribution is 0.0435. The number of urea groups is 1. The number of nitrogens with zero attached hydrogens (tertiary/aromatic N) is 2. The van der Waals surface area contributed by atoms with Crippen LogP contribution in [0.4, 0.5) is 4.79 Å². The van der Waals surface area contributed by atoms with E-state index in [9.17, 15) is 4.79 Å². The van der Waals surface area contributed by atoms with Crippen LogP contribution in [0.5, 0.6) is 0 Å². The van der Waals surface area contributed by atoms with Crippen molar-refractivity contribution < 1.29 is 9.53 Å². The summed E-state index contributed by atoms with van der Waals surface area (Å²) >= 11 is 0. The van der Waals surface area contributed by atoms with Crippen LogP contribution in [0.15, 0.2) is 0 Å². The van der Waals surface area contributed by atoms with Crippen LogP contribution in [0.3, 0.4) is 0 Å². The first-order valence-electron chi connectivity index (χ1n) is 8.95. The van der Waals surface area contributed by atoms with Gasteiger partial charge < -0.3 is 19.9 Å². The molecule has 2 rings (SSSR count). The number of piperidine rings is 1. The number of ether oxygens (including phenoxy) is 1. The second kappa shape index (κ2) is 8.73. The highest BCUT2D eigenvalue weighted by molar-refractivity contribution is 5.74. The Kier molecular flexibility index (Phi) is 6.96. The van der Waals surface area contributed by atoms with Crippen LogP contribution >= 0.6 is 0 Å². The molecule has 5 nitrogen and oxygen atoms in total. The van der Waals surface area contributed by atoms with E-state index in [1.807, 2.05) is 4.90 Å². The Balaban J connectivity index is 1.65. The van der Waals surface area contributed by atoms with E-state index in [4.69, 9.17) is 4.74 Å². The normalized spacial score (nSPS) is 26.6. The Morgan fingerprint density at radius 2 is 2.09 bits per heavy atom. The predicted octanol–water partition coefficient (Wildman–Crippen LogP) is 2.17. The molecule has 22 heavy (non-hydrogen) atoms. The van der Waals surface area contributed by atoms with Crippen LogP contribution < -0.4 is 5.32 Å². The predicted molar refractivity (Wildman–Crippen MR) is 89.0 cm³/mol. The molecule has 0 aromatic carbocycles. The van der Waals surface area contributed by atoms with Gasteiger partial charge in [0.05, 0.1) is 6.10 Å². The number of carbonyl (C=O) groups is 1. The summed E-state index contributed by atoms with van der Waals surface area (Å²) in [6.07, 6.45) is 3.67. The van der Waals surface area contributed by atoms with Crippen LogP contribution in [0.1, 0.15) is 40.0 Å². The molecule has 0 unspecified atom stereocenters. The zero-order chi connectivity index (χ0) is 15.9. The first-order chi connectivity index (χ1) is 10.6. The summed E-state index contributed by atoms with van der Waals surface area (Å²) < 4.78 is 5.84. The molecule has 2 saturated heterocycles. The summed E-state index contributed by atoms with van der Waals surface area (Å²) in [5.41, 5.74) is 0. The summed E-state index contributed by atoms with van der Waals surface area (Å²) in [6, 6.07) is 0.0873. The van der Waals surface area contributed by atoms with Crippen molar-refractivity contribution in [3.63, 3.8) is 0 Å². The van der Waals surface area contributed by atoms with E-state index in [2.05, 4.69) is 31.0 Å². The Morgan fingerprint density at radius 3 is 2.82 bits per heavy atom. The number of hydrogen-bond donors (Lipinski definition) is 1. The van der Waals surface area contributed by atoms with Gasteiger partial charge in [0.2, 0.25) is 0 Å². The van der Waals surface area contributed by atoms with E-state index in [1.165, 1.54) is 19.4 Å². The first kappa shape index (κ1) is 17.5. The van der Waals surface area contributed by atoms with Gasteiger partial charge >= 0.3 is 6.03 Å². The molecule has 2 aliphatic rings. The third kappa shape index (κ3) is 5.43. The Bertz CT molecular complexity index is 349. The molecule has 2 aliphatic heterocycles. The monoisotopic (exact) mass is 311 g/mol. The van der Waals surface area contributed by atoms with Crippen molar-refractivity contribution >= 4 is 6.03 Å². The molecular weight excluding hydrogens is 278 g/mol. The molecule has 0 bridgehead atoms. The maximum atomic E-state index is 12.3. The first-order valence-corrected chi connectivity index (χ1v) is 8.95. The van der Waals surface area contributed by atoms with Crippen LogP contribution in [-0.4, -0.2) is 67.8 Å². The van der Waals surface area contributed by atoms with Gasteiger partial charge in [-0.2, -0.15) is 0 Å². The highest BCUT2D eigenvalue weighted by Gasteiger charge is 2.27. The van der Waals surface area contributed by atoms with Gasteiger partial charge in [-0.25, -0.2) is 4.79 Å². The van der Waals surface area contributed by atoms with Crippen molar-refractivity contribution in [1.29, 1.82) is 0 Å². The second-order valence-electron chi connectivity index (χ2n) is 7.17. The fraction of sp³-hybridized carbons (Fsp3) is 0.941. The minimum absolute atomic E-state index is 0.0873. The Labute approximate surface area is 135 Å². The summed E-state index contributed by atoms with van der Waals surface area (Å²) in [5, 5.41) is 3.13. The van der Waals surface area contributed by atoms with E-state index in [-0.39, 0.29) is 12.1 Å². The average molecular weight is 311 g/mol. The van der Waals surface area contributed by atoms with E-state index < -0.39 is 0 Å². The topological polar surface area (TPSA) is 44.8 Å². The molecule has 0 aliphatic carbocycles. The Morgan fingerprint density at radius 1 is 1.27 bits per heavy atom. The summed E-state index contributed by atoms with van der Waals surface area (Å²) in [5.74, 6) is 1.16. The van der Waals surface area contributed by atoms with Gasteiger partial charge in [0.1, 0.15) is 0 Å². The van der Waals surface area contributed by atoms with Gasteiger partial charge in [0, 0.05) is 32.8 Å². The molecule has 2 heterocycles. The van der Waals surface area contributed by atoms with Crippen molar-refractivity contribution in [2.24, 2.45) is 11.8 Å². The number of hydrogen-bond acceptors (Lipinski definition) is 3. The lowest BCUT2D eigenvalue weighted by Crippen LogP contribution is -2.44. The summed E-state index contributed by atoms with van der Waals surface area (Å²) in [6.45, 7) is 13.1. The van der Waals surface area contributed by atoms with Gasteiger partial charge in [-0.3, -0.25) is 0 Å². The molecule has 128 valence electrons. The van der Waals surface area contributed by atoms with Gasteiger partial charge in [0.25, 0.3) is 0 Å². The van der Waals surface area contributed by atoms with Crippen LogP contribution in [-0.2, 0) is 4.74 Å². The van der Waals surface area contributed by atoms with Crippen LogP contribution in [0, 0.1) is 11.8 Å². The largest absolute Gasteiger partial charge is 0.376 e. The third-order valence-electron chi connectivity index (χ3n) is 4.69. The second-order valence-corrected chi connectivity index (χ2v) is 7.17. The van der Waals surface area contributed by atoms with E-state index in [0.717, 1.165) is 45.8 Å². The van der Waals surface area contributed by atoms with E-state index >= 15 is 0 Å². The lowest BCUT2D eigenvalue weighted by atomic mass is 9.98. The van der Waals surface area contributed by atoms with Crippen molar-refractivity contribution in [2.75, 3.05) is 45.9 Å². The zero-order valence-electron chi connectivity index (χ0n) is 14.5. The fourth-order valence-electron chi connectivity index (χ4n) is 3.33. The zero-order valence-corrected chi connectivity index (χ0v) is 14.5. The molecule has 2 fully saturated rings. The van der Waals surface area contributed by atoms with Gasteiger partial charge in [-0.1, -0.05) is 20.8 Å². The van der Waals surface area contributed by atoms with E-state index in [0.29, 0.717) is 11.8 Å². The number of likely N-dealkylation sites (tertiary alicyclic amines) is 2. The molecule has 2 atom stereocenters. The number of rotatable bonds is 6. The van der Waals surface area contributed by atoms with Crippen LogP contribution in [0.2, 0.25) is 0 Å². The maximum absolute atomic E-state index is 12.3. The molecule has 0 radical (unpaired) electrons. The highest BCUT2D eigenvalue weighted by Crippen LogP contribution is 2.16. The summed E-state index contributed by atoms with van der Waals surface area (Å²) in [4.78, 5) is 16.7. The minimum atomic E-state index is 0.0873. The number of carbonyl (C=O) groups excluding carboxylic acids is 1.